The zero-order valence-electron chi connectivity index (χ0n) is 15.5. The van der Waals surface area contributed by atoms with Crippen molar-refractivity contribution in [3.63, 3.8) is 0 Å². The van der Waals surface area contributed by atoms with Crippen LogP contribution in [0.15, 0.2) is 42.7 Å². The zero-order chi connectivity index (χ0) is 19.1. The molecule has 142 valence electrons. The summed E-state index contributed by atoms with van der Waals surface area (Å²) in [4.78, 5) is 19.3. The lowest BCUT2D eigenvalue weighted by Crippen LogP contribution is -2.30. The van der Waals surface area contributed by atoms with Gasteiger partial charge in [-0.25, -0.2) is 9.78 Å². The van der Waals surface area contributed by atoms with Crippen molar-refractivity contribution in [3.05, 3.63) is 48.3 Å². The molecule has 3 aromatic rings. The Kier molecular flexibility index (Phi) is 6.14. The van der Waals surface area contributed by atoms with Crippen LogP contribution in [0.2, 0.25) is 0 Å². The summed E-state index contributed by atoms with van der Waals surface area (Å²) in [6.45, 7) is 5.55. The van der Waals surface area contributed by atoms with Gasteiger partial charge in [-0.15, -0.1) is 0 Å². The van der Waals surface area contributed by atoms with Crippen molar-refractivity contribution in [3.8, 4) is 11.5 Å². The fraction of sp³-hybridized carbons (Fsp3) is 0.300. The Labute approximate surface area is 158 Å². The van der Waals surface area contributed by atoms with Crippen LogP contribution in [0.25, 0.3) is 11.0 Å². The van der Waals surface area contributed by atoms with Gasteiger partial charge < -0.3 is 25.1 Å². The summed E-state index contributed by atoms with van der Waals surface area (Å²) < 4.78 is 11.2. The molecule has 0 saturated carbocycles. The van der Waals surface area contributed by atoms with Crippen LogP contribution in [0.3, 0.4) is 0 Å². The Morgan fingerprint density at radius 3 is 2.70 bits per heavy atom. The molecule has 0 aliphatic carbocycles. The van der Waals surface area contributed by atoms with Crippen molar-refractivity contribution in [1.29, 1.82) is 0 Å². The van der Waals surface area contributed by atoms with Gasteiger partial charge in [-0.2, -0.15) is 0 Å². The van der Waals surface area contributed by atoms with Gasteiger partial charge in [-0.3, -0.25) is 0 Å². The summed E-state index contributed by atoms with van der Waals surface area (Å²) in [5.41, 5.74) is 3.53. The summed E-state index contributed by atoms with van der Waals surface area (Å²) in [5.74, 6) is 1.47. The number of anilines is 1. The number of ether oxygens (including phenoxy) is 2. The first-order valence-electron chi connectivity index (χ1n) is 9.06. The Morgan fingerprint density at radius 1 is 1.07 bits per heavy atom. The number of urea groups is 1. The molecule has 7 nitrogen and oxygen atoms in total. The second-order valence-corrected chi connectivity index (χ2v) is 5.91. The zero-order valence-corrected chi connectivity index (χ0v) is 15.5. The average molecular weight is 368 g/mol. The molecule has 2 amide bonds. The van der Waals surface area contributed by atoms with Gasteiger partial charge in [0, 0.05) is 12.2 Å². The minimum absolute atomic E-state index is 0.246. The molecule has 0 fully saturated rings. The fourth-order valence-electron chi connectivity index (χ4n) is 2.76. The Hall–Kier alpha value is -3.22. The number of benzene rings is 2. The monoisotopic (exact) mass is 368 g/mol. The maximum absolute atomic E-state index is 12.1. The van der Waals surface area contributed by atoms with E-state index in [1.54, 1.807) is 6.33 Å². The standard InChI is InChI=1S/C20H24N4O3/c1-3-26-18-8-5-14(11-19(18)27-4-2)9-10-21-20(25)24-15-6-7-16-17(12-15)23-13-22-16/h5-8,11-13H,3-4,9-10H2,1-2H3,(H,22,23)(H2,21,24,25). The van der Waals surface area contributed by atoms with E-state index in [9.17, 15) is 4.79 Å². The number of nitrogens with zero attached hydrogens (tertiary/aromatic N) is 1. The van der Waals surface area contributed by atoms with Crippen molar-refractivity contribution < 1.29 is 14.3 Å². The lowest BCUT2D eigenvalue weighted by atomic mass is 10.1. The molecule has 1 heterocycles. The van der Waals surface area contributed by atoms with E-state index in [0.717, 1.165) is 28.1 Å². The van der Waals surface area contributed by atoms with Crippen molar-refractivity contribution in [2.45, 2.75) is 20.3 Å². The Bertz CT molecular complexity index is 907. The molecule has 0 aliphatic heterocycles. The van der Waals surface area contributed by atoms with Crippen LogP contribution in [-0.2, 0) is 6.42 Å². The highest BCUT2D eigenvalue weighted by Gasteiger charge is 2.07. The molecule has 0 aliphatic rings. The second-order valence-electron chi connectivity index (χ2n) is 5.91. The van der Waals surface area contributed by atoms with Gasteiger partial charge in [0.25, 0.3) is 0 Å². The molecular weight excluding hydrogens is 344 g/mol. The number of carbonyl (C=O) groups excluding carboxylic acids is 1. The van der Waals surface area contributed by atoms with Crippen LogP contribution in [0.1, 0.15) is 19.4 Å². The molecule has 1 aromatic heterocycles. The van der Waals surface area contributed by atoms with Gasteiger partial charge in [0.15, 0.2) is 11.5 Å². The van der Waals surface area contributed by atoms with E-state index < -0.39 is 0 Å². The summed E-state index contributed by atoms with van der Waals surface area (Å²) in [7, 11) is 0. The molecule has 27 heavy (non-hydrogen) atoms. The molecule has 0 saturated heterocycles. The Balaban J connectivity index is 1.52. The third-order valence-electron chi connectivity index (χ3n) is 3.99. The fourth-order valence-corrected chi connectivity index (χ4v) is 2.76. The third kappa shape index (κ3) is 4.91. The number of aromatic nitrogens is 2. The van der Waals surface area contributed by atoms with Crippen molar-refractivity contribution in [2.24, 2.45) is 0 Å². The van der Waals surface area contributed by atoms with Gasteiger partial charge in [-0.1, -0.05) is 6.07 Å². The molecule has 0 atom stereocenters. The van der Waals surface area contributed by atoms with Crippen LogP contribution in [0, 0.1) is 0 Å². The number of imidazole rings is 1. The normalized spacial score (nSPS) is 10.6. The SMILES string of the molecule is CCOc1ccc(CCNC(=O)Nc2ccc3nc[nH]c3c2)cc1OCC. The molecule has 0 radical (unpaired) electrons. The lowest BCUT2D eigenvalue weighted by Gasteiger charge is -2.13. The number of amides is 2. The maximum Gasteiger partial charge on any atom is 0.319 e. The number of nitrogens with one attached hydrogen (secondary N) is 3. The molecule has 0 bridgehead atoms. The maximum atomic E-state index is 12.1. The first-order valence-corrected chi connectivity index (χ1v) is 9.06. The molecule has 2 aromatic carbocycles. The number of hydrogen-bond acceptors (Lipinski definition) is 4. The van der Waals surface area contributed by atoms with E-state index in [0.29, 0.717) is 31.9 Å². The van der Waals surface area contributed by atoms with E-state index in [1.807, 2.05) is 50.2 Å². The van der Waals surface area contributed by atoms with Crippen molar-refractivity contribution in [1.82, 2.24) is 15.3 Å². The molecule has 0 spiro atoms. The van der Waals surface area contributed by atoms with Crippen LogP contribution < -0.4 is 20.1 Å². The van der Waals surface area contributed by atoms with E-state index in [1.165, 1.54) is 0 Å². The quantitative estimate of drug-likeness (QED) is 0.565. The van der Waals surface area contributed by atoms with Gasteiger partial charge >= 0.3 is 6.03 Å². The van der Waals surface area contributed by atoms with Gasteiger partial charge in [-0.05, 0) is 56.2 Å². The first-order chi connectivity index (χ1) is 13.2. The van der Waals surface area contributed by atoms with E-state index in [4.69, 9.17) is 9.47 Å². The number of carbonyl (C=O) groups is 1. The Morgan fingerprint density at radius 2 is 1.89 bits per heavy atom. The number of hydrogen-bond donors (Lipinski definition) is 3. The van der Waals surface area contributed by atoms with E-state index in [2.05, 4.69) is 20.6 Å². The largest absolute Gasteiger partial charge is 0.490 e. The van der Waals surface area contributed by atoms with Crippen LogP contribution in [0.5, 0.6) is 11.5 Å². The number of aromatic amines is 1. The van der Waals surface area contributed by atoms with Gasteiger partial charge in [0.2, 0.25) is 0 Å². The van der Waals surface area contributed by atoms with Gasteiger partial charge in [0.05, 0.1) is 30.6 Å². The molecule has 3 rings (SSSR count). The highest BCUT2D eigenvalue weighted by atomic mass is 16.5. The van der Waals surface area contributed by atoms with Crippen LogP contribution in [-0.4, -0.2) is 35.8 Å². The van der Waals surface area contributed by atoms with Crippen LogP contribution in [0.4, 0.5) is 10.5 Å². The predicted octanol–water partition coefficient (Wildman–Crippen LogP) is 3.72. The molecular formula is C20H24N4O3. The minimum atomic E-state index is -0.246. The van der Waals surface area contributed by atoms with Gasteiger partial charge in [0.1, 0.15) is 0 Å². The third-order valence-corrected chi connectivity index (χ3v) is 3.99. The van der Waals surface area contributed by atoms with Crippen LogP contribution >= 0.6 is 0 Å². The summed E-state index contributed by atoms with van der Waals surface area (Å²) in [6.07, 6.45) is 2.32. The van der Waals surface area contributed by atoms with Crippen molar-refractivity contribution >= 4 is 22.8 Å². The number of H-pyrrole nitrogens is 1. The molecule has 7 heteroatoms. The van der Waals surface area contributed by atoms with E-state index in [-0.39, 0.29) is 6.03 Å². The smallest absolute Gasteiger partial charge is 0.319 e. The van der Waals surface area contributed by atoms with Crippen molar-refractivity contribution in [2.75, 3.05) is 25.1 Å². The lowest BCUT2D eigenvalue weighted by molar-refractivity contribution is 0.252. The average Bonchev–Trinajstić information content (AvgIpc) is 3.12. The van der Waals surface area contributed by atoms with E-state index >= 15 is 0 Å². The highest BCUT2D eigenvalue weighted by Crippen LogP contribution is 2.28. The number of fused-ring (bicyclic) bond motifs is 1. The second kappa shape index (κ2) is 8.93. The molecule has 0 unspecified atom stereocenters. The first kappa shape index (κ1) is 18.6. The minimum Gasteiger partial charge on any atom is -0.490 e. The topological polar surface area (TPSA) is 88.3 Å². The molecule has 3 N–H and O–H groups in total. The summed E-state index contributed by atoms with van der Waals surface area (Å²) in [5, 5.41) is 5.69. The predicted molar refractivity (Wildman–Crippen MR) is 106 cm³/mol. The number of rotatable bonds is 8. The summed E-state index contributed by atoms with van der Waals surface area (Å²) >= 11 is 0. The highest BCUT2D eigenvalue weighted by molar-refractivity contribution is 5.91. The summed E-state index contributed by atoms with van der Waals surface area (Å²) in [6, 6.07) is 11.1.